The number of ketones is 1. The summed E-state index contributed by atoms with van der Waals surface area (Å²) >= 11 is 1.86. The van der Waals surface area contributed by atoms with Crippen molar-refractivity contribution in [1.29, 1.82) is 0 Å². The van der Waals surface area contributed by atoms with Crippen LogP contribution in [-0.4, -0.2) is 26.8 Å². The molecule has 1 aliphatic rings. The van der Waals surface area contributed by atoms with Crippen molar-refractivity contribution in [2.24, 2.45) is 5.92 Å². The van der Waals surface area contributed by atoms with E-state index >= 15 is 0 Å². The van der Waals surface area contributed by atoms with E-state index in [0.717, 1.165) is 24.5 Å². The molecule has 2 rings (SSSR count). The van der Waals surface area contributed by atoms with Crippen LogP contribution in [0.3, 0.4) is 0 Å². The summed E-state index contributed by atoms with van der Waals surface area (Å²) in [5.41, 5.74) is 0.638. The molecule has 14 heavy (non-hydrogen) atoms. The van der Waals surface area contributed by atoms with Gasteiger partial charge in [0.25, 0.3) is 0 Å². The van der Waals surface area contributed by atoms with Crippen LogP contribution in [0.15, 0.2) is 12.5 Å². The highest BCUT2D eigenvalue weighted by atomic mass is 32.2. The van der Waals surface area contributed by atoms with Gasteiger partial charge < -0.3 is 4.57 Å². The van der Waals surface area contributed by atoms with Crippen LogP contribution < -0.4 is 0 Å². The van der Waals surface area contributed by atoms with E-state index in [1.807, 2.05) is 29.4 Å². The molecule has 76 valence electrons. The number of thioether (sulfide) groups is 1. The SMILES string of the molecule is CCn1cnc(C(=O)C2CCSC2)c1. The monoisotopic (exact) mass is 210 g/mol. The van der Waals surface area contributed by atoms with Crippen LogP contribution in [0, 0.1) is 5.92 Å². The molecule has 1 saturated heterocycles. The van der Waals surface area contributed by atoms with Crippen molar-refractivity contribution in [3.8, 4) is 0 Å². The molecule has 1 aliphatic heterocycles. The summed E-state index contributed by atoms with van der Waals surface area (Å²) in [6.07, 6.45) is 4.60. The molecule has 2 heterocycles. The fraction of sp³-hybridized carbons (Fsp3) is 0.600. The van der Waals surface area contributed by atoms with Gasteiger partial charge in [0.1, 0.15) is 5.69 Å². The number of Topliss-reactive ketones (excluding diaryl/α,β-unsaturated/α-hetero) is 1. The number of hydrogen-bond donors (Lipinski definition) is 0. The second kappa shape index (κ2) is 4.17. The number of carbonyl (C=O) groups is 1. The van der Waals surface area contributed by atoms with Gasteiger partial charge in [-0.2, -0.15) is 11.8 Å². The molecule has 0 aliphatic carbocycles. The molecular formula is C10H14N2OS. The fourth-order valence-electron chi connectivity index (χ4n) is 1.61. The number of rotatable bonds is 3. The van der Waals surface area contributed by atoms with Crippen molar-refractivity contribution >= 4 is 17.5 Å². The Balaban J connectivity index is 2.09. The van der Waals surface area contributed by atoms with Crippen LogP contribution in [0.1, 0.15) is 23.8 Å². The first kappa shape index (κ1) is 9.77. The zero-order chi connectivity index (χ0) is 9.97. The van der Waals surface area contributed by atoms with Gasteiger partial charge in [-0.05, 0) is 19.1 Å². The van der Waals surface area contributed by atoms with E-state index in [1.165, 1.54) is 0 Å². The molecule has 1 fully saturated rings. The highest BCUT2D eigenvalue weighted by Crippen LogP contribution is 2.26. The topological polar surface area (TPSA) is 34.9 Å². The number of carbonyl (C=O) groups excluding carboxylic acids is 1. The molecule has 0 bridgehead atoms. The van der Waals surface area contributed by atoms with Crippen molar-refractivity contribution in [3.05, 3.63) is 18.2 Å². The first-order valence-corrected chi connectivity index (χ1v) is 6.10. The number of imidazole rings is 1. The summed E-state index contributed by atoms with van der Waals surface area (Å²) in [6.45, 7) is 2.92. The summed E-state index contributed by atoms with van der Waals surface area (Å²) in [5.74, 6) is 2.52. The Kier molecular flexibility index (Phi) is 2.91. The van der Waals surface area contributed by atoms with E-state index in [2.05, 4.69) is 4.98 Å². The van der Waals surface area contributed by atoms with Gasteiger partial charge in [0.2, 0.25) is 0 Å². The molecule has 0 saturated carbocycles. The molecule has 3 nitrogen and oxygen atoms in total. The van der Waals surface area contributed by atoms with E-state index in [9.17, 15) is 4.79 Å². The second-order valence-electron chi connectivity index (χ2n) is 3.51. The van der Waals surface area contributed by atoms with Crippen molar-refractivity contribution in [2.75, 3.05) is 11.5 Å². The maximum Gasteiger partial charge on any atom is 0.186 e. The fourth-order valence-corrected chi connectivity index (χ4v) is 2.83. The Labute approximate surface area is 87.9 Å². The number of nitrogens with zero attached hydrogens (tertiary/aromatic N) is 2. The van der Waals surface area contributed by atoms with E-state index in [0.29, 0.717) is 5.69 Å². The highest BCUT2D eigenvalue weighted by molar-refractivity contribution is 7.99. The standard InChI is InChI=1S/C10H14N2OS/c1-2-12-5-9(11-7-12)10(13)8-3-4-14-6-8/h5,7-8H,2-4,6H2,1H3. The zero-order valence-electron chi connectivity index (χ0n) is 8.27. The Bertz CT molecular complexity index is 329. The van der Waals surface area contributed by atoms with Crippen LogP contribution in [0.25, 0.3) is 0 Å². The van der Waals surface area contributed by atoms with Crippen LogP contribution in [0.4, 0.5) is 0 Å². The van der Waals surface area contributed by atoms with Crippen molar-refractivity contribution in [3.63, 3.8) is 0 Å². The van der Waals surface area contributed by atoms with Crippen LogP contribution >= 0.6 is 11.8 Å². The third kappa shape index (κ3) is 1.85. The largest absolute Gasteiger partial charge is 0.337 e. The Morgan fingerprint density at radius 1 is 1.79 bits per heavy atom. The molecule has 1 aromatic rings. The number of aromatic nitrogens is 2. The Hall–Kier alpha value is -0.770. The van der Waals surface area contributed by atoms with Gasteiger partial charge in [-0.25, -0.2) is 4.98 Å². The summed E-state index contributed by atoms with van der Waals surface area (Å²) < 4.78 is 1.94. The van der Waals surface area contributed by atoms with Crippen LogP contribution in [0.5, 0.6) is 0 Å². The summed E-state index contributed by atoms with van der Waals surface area (Å²) in [7, 11) is 0. The van der Waals surface area contributed by atoms with Crippen LogP contribution in [-0.2, 0) is 6.54 Å². The molecule has 1 atom stereocenters. The lowest BCUT2D eigenvalue weighted by atomic mass is 10.0. The van der Waals surface area contributed by atoms with E-state index < -0.39 is 0 Å². The van der Waals surface area contributed by atoms with Gasteiger partial charge in [0.05, 0.1) is 6.33 Å². The third-order valence-electron chi connectivity index (χ3n) is 2.55. The zero-order valence-corrected chi connectivity index (χ0v) is 9.09. The predicted octanol–water partition coefficient (Wildman–Crippen LogP) is 1.84. The molecule has 0 aromatic carbocycles. The van der Waals surface area contributed by atoms with Crippen molar-refractivity contribution in [1.82, 2.24) is 9.55 Å². The third-order valence-corrected chi connectivity index (χ3v) is 3.71. The molecular weight excluding hydrogens is 196 g/mol. The molecule has 1 unspecified atom stereocenters. The maximum absolute atomic E-state index is 11.9. The maximum atomic E-state index is 11.9. The van der Waals surface area contributed by atoms with E-state index in [4.69, 9.17) is 0 Å². The van der Waals surface area contributed by atoms with Gasteiger partial charge in [0, 0.05) is 24.4 Å². The molecule has 0 radical (unpaired) electrons. The van der Waals surface area contributed by atoms with Gasteiger partial charge in [-0.3, -0.25) is 4.79 Å². The smallest absolute Gasteiger partial charge is 0.186 e. The number of aryl methyl sites for hydroxylation is 1. The van der Waals surface area contributed by atoms with Gasteiger partial charge in [0.15, 0.2) is 5.78 Å². The van der Waals surface area contributed by atoms with Gasteiger partial charge >= 0.3 is 0 Å². The Morgan fingerprint density at radius 2 is 2.64 bits per heavy atom. The summed E-state index contributed by atoms with van der Waals surface area (Å²) in [5, 5.41) is 0. The molecule has 1 aromatic heterocycles. The van der Waals surface area contributed by atoms with Gasteiger partial charge in [-0.15, -0.1) is 0 Å². The normalized spacial score (nSPS) is 21.4. The summed E-state index contributed by atoms with van der Waals surface area (Å²) in [4.78, 5) is 16.0. The second-order valence-corrected chi connectivity index (χ2v) is 4.66. The minimum Gasteiger partial charge on any atom is -0.337 e. The van der Waals surface area contributed by atoms with Crippen molar-refractivity contribution in [2.45, 2.75) is 19.9 Å². The lowest BCUT2D eigenvalue weighted by Crippen LogP contribution is -2.14. The molecule has 0 spiro atoms. The lowest BCUT2D eigenvalue weighted by Gasteiger charge is -2.02. The summed E-state index contributed by atoms with van der Waals surface area (Å²) in [6, 6.07) is 0. The van der Waals surface area contributed by atoms with E-state index in [-0.39, 0.29) is 11.7 Å². The molecule has 0 N–H and O–H groups in total. The predicted molar refractivity (Wildman–Crippen MR) is 57.7 cm³/mol. The minimum absolute atomic E-state index is 0.209. The van der Waals surface area contributed by atoms with Crippen LogP contribution in [0.2, 0.25) is 0 Å². The average molecular weight is 210 g/mol. The molecule has 4 heteroatoms. The Morgan fingerprint density at radius 3 is 3.21 bits per heavy atom. The average Bonchev–Trinajstić information content (AvgIpc) is 2.88. The minimum atomic E-state index is 0.209. The quantitative estimate of drug-likeness (QED) is 0.714. The first-order valence-electron chi connectivity index (χ1n) is 4.95. The lowest BCUT2D eigenvalue weighted by molar-refractivity contribution is 0.0929. The highest BCUT2D eigenvalue weighted by Gasteiger charge is 2.25. The molecule has 0 amide bonds. The van der Waals surface area contributed by atoms with E-state index in [1.54, 1.807) is 6.33 Å². The van der Waals surface area contributed by atoms with Gasteiger partial charge in [-0.1, -0.05) is 0 Å². The first-order chi connectivity index (χ1) is 6.81. The van der Waals surface area contributed by atoms with Crippen molar-refractivity contribution < 1.29 is 4.79 Å². The number of hydrogen-bond acceptors (Lipinski definition) is 3.